The molecule has 0 N–H and O–H groups in total. The van der Waals surface area contributed by atoms with Crippen LogP contribution < -0.4 is 0 Å². The molecule has 0 aromatic heterocycles. The van der Waals surface area contributed by atoms with Gasteiger partial charge in [-0.2, -0.15) is 0 Å². The van der Waals surface area contributed by atoms with Crippen molar-refractivity contribution >= 4 is 5.91 Å². The van der Waals surface area contributed by atoms with Gasteiger partial charge in [-0.15, -0.1) is 0 Å². The predicted molar refractivity (Wildman–Crippen MR) is 95.0 cm³/mol. The Morgan fingerprint density at radius 2 is 1.70 bits per heavy atom. The second-order valence-corrected chi connectivity index (χ2v) is 6.69. The van der Waals surface area contributed by atoms with Crippen LogP contribution in [0.3, 0.4) is 0 Å². The fourth-order valence-electron chi connectivity index (χ4n) is 3.52. The van der Waals surface area contributed by atoms with Crippen LogP contribution in [0.2, 0.25) is 0 Å². The van der Waals surface area contributed by atoms with Crippen LogP contribution in [0.15, 0.2) is 48.5 Å². The zero-order chi connectivity index (χ0) is 16.2. The first-order valence-corrected chi connectivity index (χ1v) is 8.55. The van der Waals surface area contributed by atoms with E-state index >= 15 is 0 Å². The Bertz CT molecular complexity index is 668. The van der Waals surface area contributed by atoms with Gasteiger partial charge in [0.25, 0.3) is 0 Å². The Morgan fingerprint density at radius 1 is 1.04 bits per heavy atom. The third-order valence-electron chi connectivity index (χ3n) is 4.91. The Hall–Kier alpha value is -2.09. The number of amides is 1. The highest BCUT2D eigenvalue weighted by Crippen LogP contribution is 2.27. The van der Waals surface area contributed by atoms with Gasteiger partial charge < -0.3 is 4.90 Å². The normalized spacial score (nSPS) is 14.9. The summed E-state index contributed by atoms with van der Waals surface area (Å²) in [4.78, 5) is 14.3. The molecule has 2 heteroatoms. The third-order valence-corrected chi connectivity index (χ3v) is 4.91. The van der Waals surface area contributed by atoms with Crippen LogP contribution in [-0.4, -0.2) is 17.9 Å². The maximum Gasteiger partial charge on any atom is 0.225 e. The average molecular weight is 307 g/mol. The minimum Gasteiger partial charge on any atom is -0.341 e. The monoisotopic (exact) mass is 307 g/mol. The summed E-state index contributed by atoms with van der Waals surface area (Å²) in [7, 11) is 1.93. The van der Waals surface area contributed by atoms with Crippen molar-refractivity contribution in [1.82, 2.24) is 4.90 Å². The first kappa shape index (κ1) is 15.8. The molecule has 1 aliphatic carbocycles. The van der Waals surface area contributed by atoms with Crippen molar-refractivity contribution in [1.29, 1.82) is 0 Å². The first-order valence-electron chi connectivity index (χ1n) is 8.55. The van der Waals surface area contributed by atoms with E-state index in [2.05, 4.69) is 55.5 Å². The summed E-state index contributed by atoms with van der Waals surface area (Å²) in [6.45, 7) is 2.83. The maximum atomic E-state index is 12.4. The van der Waals surface area contributed by atoms with Crippen molar-refractivity contribution in [2.75, 3.05) is 7.05 Å². The van der Waals surface area contributed by atoms with Crippen molar-refractivity contribution in [3.05, 3.63) is 59.7 Å². The number of hydrogen-bond acceptors (Lipinski definition) is 1. The molecule has 0 spiro atoms. The largest absolute Gasteiger partial charge is 0.341 e. The summed E-state index contributed by atoms with van der Waals surface area (Å²) in [5, 5.41) is 0. The minimum absolute atomic E-state index is 0.256. The van der Waals surface area contributed by atoms with E-state index in [1.54, 1.807) is 0 Å². The zero-order valence-corrected chi connectivity index (χ0v) is 14.1. The van der Waals surface area contributed by atoms with E-state index in [1.807, 2.05) is 11.9 Å². The second-order valence-electron chi connectivity index (χ2n) is 6.69. The van der Waals surface area contributed by atoms with Crippen molar-refractivity contribution in [2.45, 2.75) is 39.2 Å². The maximum absolute atomic E-state index is 12.4. The molecule has 2 aromatic rings. The molecule has 0 saturated heterocycles. The molecule has 0 unspecified atom stereocenters. The number of aryl methyl sites for hydroxylation is 1. The molecule has 1 aliphatic rings. The summed E-state index contributed by atoms with van der Waals surface area (Å²) >= 11 is 0. The summed E-state index contributed by atoms with van der Waals surface area (Å²) in [6.07, 6.45) is 4.54. The van der Waals surface area contributed by atoms with Gasteiger partial charge in [-0.25, -0.2) is 0 Å². The molecule has 3 rings (SSSR count). The lowest BCUT2D eigenvalue weighted by Gasteiger charge is -2.21. The Balaban J connectivity index is 1.68. The van der Waals surface area contributed by atoms with E-state index in [4.69, 9.17) is 0 Å². The zero-order valence-electron chi connectivity index (χ0n) is 14.1. The van der Waals surface area contributed by atoms with Gasteiger partial charge in [-0.3, -0.25) is 4.79 Å². The lowest BCUT2D eigenvalue weighted by molar-refractivity contribution is -0.134. The highest BCUT2D eigenvalue weighted by molar-refractivity contribution is 5.78. The number of benzene rings is 2. The number of carbonyl (C=O) groups is 1. The van der Waals surface area contributed by atoms with E-state index in [-0.39, 0.29) is 5.92 Å². The molecule has 0 heterocycles. The molecule has 2 nitrogen and oxygen atoms in total. The molecular formula is C21H25NO. The van der Waals surface area contributed by atoms with Gasteiger partial charge in [-0.1, -0.05) is 61.4 Å². The first-order chi connectivity index (χ1) is 11.1. The van der Waals surface area contributed by atoms with Crippen molar-refractivity contribution in [3.8, 4) is 11.1 Å². The number of hydrogen-bond donors (Lipinski definition) is 0. The predicted octanol–water partition coefficient (Wildman–Crippen LogP) is 4.81. The highest BCUT2D eigenvalue weighted by atomic mass is 16.2. The van der Waals surface area contributed by atoms with E-state index in [0.717, 1.165) is 12.8 Å². The molecule has 0 radical (unpaired) electrons. The van der Waals surface area contributed by atoms with Crippen LogP contribution in [0.1, 0.15) is 36.8 Å². The van der Waals surface area contributed by atoms with Crippen molar-refractivity contribution in [2.24, 2.45) is 5.92 Å². The quantitative estimate of drug-likeness (QED) is 0.793. The summed E-state index contributed by atoms with van der Waals surface area (Å²) in [5.74, 6) is 0.566. The highest BCUT2D eigenvalue weighted by Gasteiger charge is 2.25. The fourth-order valence-corrected chi connectivity index (χ4v) is 3.52. The fraction of sp³-hybridized carbons (Fsp3) is 0.381. The van der Waals surface area contributed by atoms with Gasteiger partial charge in [0.15, 0.2) is 0 Å². The minimum atomic E-state index is 0.256. The standard InChI is InChI=1S/C21H25NO/c1-16-7-3-6-10-20(16)18-13-11-17(12-14-18)15-22(2)21(23)19-8-4-5-9-19/h3,6-7,10-14,19H,4-5,8-9,15H2,1-2H3. The van der Waals surface area contributed by atoms with Crippen LogP contribution in [0.5, 0.6) is 0 Å². The molecule has 0 atom stereocenters. The Labute approximate surface area is 139 Å². The Kier molecular flexibility index (Phi) is 4.80. The lowest BCUT2D eigenvalue weighted by atomic mass is 9.99. The Morgan fingerprint density at radius 3 is 2.35 bits per heavy atom. The van der Waals surface area contributed by atoms with E-state index in [0.29, 0.717) is 12.5 Å². The number of carbonyl (C=O) groups excluding carboxylic acids is 1. The molecule has 23 heavy (non-hydrogen) atoms. The van der Waals surface area contributed by atoms with Crippen LogP contribution in [0.25, 0.3) is 11.1 Å². The van der Waals surface area contributed by atoms with Crippen LogP contribution >= 0.6 is 0 Å². The van der Waals surface area contributed by atoms with Gasteiger partial charge in [0.2, 0.25) is 5.91 Å². The second kappa shape index (κ2) is 6.99. The lowest BCUT2D eigenvalue weighted by Crippen LogP contribution is -2.31. The number of rotatable bonds is 4. The third kappa shape index (κ3) is 3.64. The summed E-state index contributed by atoms with van der Waals surface area (Å²) < 4.78 is 0. The van der Waals surface area contributed by atoms with Crippen LogP contribution in [0, 0.1) is 12.8 Å². The van der Waals surface area contributed by atoms with Crippen molar-refractivity contribution < 1.29 is 4.79 Å². The average Bonchev–Trinajstić information content (AvgIpc) is 3.10. The molecule has 120 valence electrons. The molecule has 2 aromatic carbocycles. The molecule has 0 bridgehead atoms. The number of nitrogens with zero attached hydrogens (tertiary/aromatic N) is 1. The molecule has 1 amide bonds. The summed E-state index contributed by atoms with van der Waals surface area (Å²) in [5.41, 5.74) is 4.98. The van der Waals surface area contributed by atoms with E-state index in [9.17, 15) is 4.79 Å². The van der Waals surface area contributed by atoms with E-state index in [1.165, 1.54) is 35.1 Å². The smallest absolute Gasteiger partial charge is 0.225 e. The molecule has 1 saturated carbocycles. The van der Waals surface area contributed by atoms with Crippen LogP contribution in [-0.2, 0) is 11.3 Å². The molecular weight excluding hydrogens is 282 g/mol. The SMILES string of the molecule is Cc1ccccc1-c1ccc(CN(C)C(=O)C2CCCC2)cc1. The topological polar surface area (TPSA) is 20.3 Å². The van der Waals surface area contributed by atoms with Gasteiger partial charge in [-0.05, 0) is 42.0 Å². The van der Waals surface area contributed by atoms with Gasteiger partial charge in [0, 0.05) is 19.5 Å². The van der Waals surface area contributed by atoms with Gasteiger partial charge in [0.05, 0.1) is 0 Å². The van der Waals surface area contributed by atoms with Gasteiger partial charge in [0.1, 0.15) is 0 Å². The molecule has 0 aliphatic heterocycles. The van der Waals surface area contributed by atoms with Gasteiger partial charge >= 0.3 is 0 Å². The van der Waals surface area contributed by atoms with Crippen LogP contribution in [0.4, 0.5) is 0 Å². The van der Waals surface area contributed by atoms with Crippen molar-refractivity contribution in [3.63, 3.8) is 0 Å². The van der Waals surface area contributed by atoms with E-state index < -0.39 is 0 Å². The molecule has 1 fully saturated rings. The summed E-state index contributed by atoms with van der Waals surface area (Å²) in [6, 6.07) is 17.0.